The summed E-state index contributed by atoms with van der Waals surface area (Å²) in [5.41, 5.74) is 2.32. The molecular weight excluding hydrogens is 328 g/mol. The summed E-state index contributed by atoms with van der Waals surface area (Å²) in [6.45, 7) is 4.20. The van der Waals surface area contributed by atoms with Gasteiger partial charge in [-0.05, 0) is 48.9 Å². The van der Waals surface area contributed by atoms with Crippen molar-refractivity contribution in [1.82, 2.24) is 4.90 Å². The maximum Gasteiger partial charge on any atom is 0.289 e. The highest BCUT2D eigenvalue weighted by molar-refractivity contribution is 5.97. The summed E-state index contributed by atoms with van der Waals surface area (Å²) in [5.74, 6) is 0.960. The van der Waals surface area contributed by atoms with Crippen LogP contribution < -0.4 is 4.90 Å². The zero-order chi connectivity index (χ0) is 18.1. The number of furan rings is 1. The molecule has 2 aromatic rings. The predicted molar refractivity (Wildman–Crippen MR) is 99.2 cm³/mol. The summed E-state index contributed by atoms with van der Waals surface area (Å²) < 4.78 is 5.20. The standard InChI is InChI=1S/C21H24N2O3/c1-15-8-13-23(18-6-3-2-5-17(15)18)20(24)16-9-11-22(12-10-16)21(25)19-7-4-14-26-19/h2-7,14-16H,8-13H2,1H3. The fourth-order valence-corrected chi connectivity index (χ4v) is 4.08. The molecule has 1 unspecified atom stereocenters. The van der Waals surface area contributed by atoms with E-state index in [1.165, 1.54) is 11.8 Å². The minimum atomic E-state index is -0.0851. The van der Waals surface area contributed by atoms with Crippen LogP contribution in [-0.2, 0) is 4.79 Å². The molecule has 2 aliphatic heterocycles. The Hall–Kier alpha value is -2.56. The first-order valence-corrected chi connectivity index (χ1v) is 9.38. The molecule has 4 rings (SSSR count). The summed E-state index contributed by atoms with van der Waals surface area (Å²) in [7, 11) is 0. The molecule has 5 heteroatoms. The van der Waals surface area contributed by atoms with Crippen molar-refractivity contribution in [1.29, 1.82) is 0 Å². The van der Waals surface area contributed by atoms with E-state index in [1.54, 1.807) is 17.0 Å². The van der Waals surface area contributed by atoms with Gasteiger partial charge in [0.2, 0.25) is 5.91 Å². The molecular formula is C21H24N2O3. The highest BCUT2D eigenvalue weighted by atomic mass is 16.3. The SMILES string of the molecule is CC1CCN(C(=O)C2CCN(C(=O)c3ccco3)CC2)c2ccccc21. The van der Waals surface area contributed by atoms with Crippen LogP contribution in [0.5, 0.6) is 0 Å². The third-order valence-electron chi connectivity index (χ3n) is 5.67. The number of anilines is 1. The van der Waals surface area contributed by atoms with Gasteiger partial charge in [-0.1, -0.05) is 25.1 Å². The molecule has 0 radical (unpaired) electrons. The van der Waals surface area contributed by atoms with Gasteiger partial charge in [0.1, 0.15) is 0 Å². The normalized spacial score (nSPS) is 20.7. The first-order valence-electron chi connectivity index (χ1n) is 9.38. The Labute approximate surface area is 153 Å². The van der Waals surface area contributed by atoms with E-state index in [1.807, 2.05) is 17.0 Å². The molecule has 0 N–H and O–H groups in total. The first kappa shape index (κ1) is 16.9. The zero-order valence-corrected chi connectivity index (χ0v) is 15.1. The van der Waals surface area contributed by atoms with Crippen LogP contribution >= 0.6 is 0 Å². The number of rotatable bonds is 2. The fourth-order valence-electron chi connectivity index (χ4n) is 4.08. The van der Waals surface area contributed by atoms with Crippen molar-refractivity contribution in [3.8, 4) is 0 Å². The van der Waals surface area contributed by atoms with Gasteiger partial charge in [0, 0.05) is 31.2 Å². The summed E-state index contributed by atoms with van der Waals surface area (Å²) in [5, 5.41) is 0. The molecule has 2 aliphatic rings. The number of amides is 2. The van der Waals surface area contributed by atoms with Crippen LogP contribution in [0.2, 0.25) is 0 Å². The molecule has 3 heterocycles. The molecule has 136 valence electrons. The van der Waals surface area contributed by atoms with Crippen molar-refractivity contribution in [2.75, 3.05) is 24.5 Å². The maximum atomic E-state index is 13.1. The molecule has 5 nitrogen and oxygen atoms in total. The summed E-state index contributed by atoms with van der Waals surface area (Å²) >= 11 is 0. The highest BCUT2D eigenvalue weighted by Crippen LogP contribution is 2.36. The number of carbonyl (C=O) groups is 2. The van der Waals surface area contributed by atoms with E-state index in [4.69, 9.17) is 4.42 Å². The van der Waals surface area contributed by atoms with Gasteiger partial charge >= 0.3 is 0 Å². The zero-order valence-electron chi connectivity index (χ0n) is 15.1. The highest BCUT2D eigenvalue weighted by Gasteiger charge is 2.34. The molecule has 1 fully saturated rings. The molecule has 2 amide bonds. The summed E-state index contributed by atoms with van der Waals surface area (Å²) in [6.07, 6.45) is 3.93. The van der Waals surface area contributed by atoms with Crippen molar-refractivity contribution in [3.05, 3.63) is 54.0 Å². The van der Waals surface area contributed by atoms with E-state index in [-0.39, 0.29) is 17.7 Å². The molecule has 1 aromatic heterocycles. The lowest BCUT2D eigenvalue weighted by atomic mass is 9.89. The van der Waals surface area contributed by atoms with Gasteiger partial charge < -0.3 is 14.2 Å². The Morgan fingerprint density at radius 2 is 1.77 bits per heavy atom. The quantitative estimate of drug-likeness (QED) is 0.829. The summed E-state index contributed by atoms with van der Waals surface area (Å²) in [6, 6.07) is 11.6. The number of likely N-dealkylation sites (tertiary alicyclic amines) is 1. The van der Waals surface area contributed by atoms with Crippen molar-refractivity contribution in [2.24, 2.45) is 5.92 Å². The molecule has 0 saturated carbocycles. The van der Waals surface area contributed by atoms with Crippen molar-refractivity contribution < 1.29 is 14.0 Å². The summed E-state index contributed by atoms with van der Waals surface area (Å²) in [4.78, 5) is 29.3. The molecule has 1 aromatic carbocycles. The molecule has 1 saturated heterocycles. The van der Waals surface area contributed by atoms with E-state index in [0.717, 1.165) is 18.7 Å². The Kier molecular flexibility index (Phi) is 4.53. The third-order valence-corrected chi connectivity index (χ3v) is 5.67. The second-order valence-corrected chi connectivity index (χ2v) is 7.28. The van der Waals surface area contributed by atoms with E-state index < -0.39 is 0 Å². The van der Waals surface area contributed by atoms with Crippen LogP contribution in [0.1, 0.15) is 48.2 Å². The van der Waals surface area contributed by atoms with Crippen molar-refractivity contribution in [3.63, 3.8) is 0 Å². The number of nitrogens with zero attached hydrogens (tertiary/aromatic N) is 2. The Bertz CT molecular complexity index is 791. The Morgan fingerprint density at radius 3 is 2.50 bits per heavy atom. The number of benzene rings is 1. The van der Waals surface area contributed by atoms with E-state index in [2.05, 4.69) is 19.1 Å². The van der Waals surface area contributed by atoms with Crippen LogP contribution in [0.4, 0.5) is 5.69 Å². The fraction of sp³-hybridized carbons (Fsp3) is 0.429. The Balaban J connectivity index is 1.43. The number of carbonyl (C=O) groups excluding carboxylic acids is 2. The third kappa shape index (κ3) is 3.02. The van der Waals surface area contributed by atoms with Gasteiger partial charge in [-0.25, -0.2) is 0 Å². The largest absolute Gasteiger partial charge is 0.459 e. The van der Waals surface area contributed by atoms with E-state index in [9.17, 15) is 9.59 Å². The average molecular weight is 352 g/mol. The molecule has 0 aliphatic carbocycles. The van der Waals surface area contributed by atoms with Crippen molar-refractivity contribution >= 4 is 17.5 Å². The minimum Gasteiger partial charge on any atom is -0.459 e. The molecule has 26 heavy (non-hydrogen) atoms. The molecule has 0 bridgehead atoms. The van der Waals surface area contributed by atoms with Gasteiger partial charge in [-0.3, -0.25) is 9.59 Å². The van der Waals surface area contributed by atoms with Gasteiger partial charge in [0.05, 0.1) is 6.26 Å². The van der Waals surface area contributed by atoms with E-state index in [0.29, 0.717) is 37.6 Å². The van der Waals surface area contributed by atoms with Gasteiger partial charge in [0.25, 0.3) is 5.91 Å². The van der Waals surface area contributed by atoms with Crippen LogP contribution in [0.3, 0.4) is 0 Å². The van der Waals surface area contributed by atoms with Crippen LogP contribution in [0.15, 0.2) is 47.1 Å². The average Bonchev–Trinajstić information content (AvgIpc) is 3.22. The lowest BCUT2D eigenvalue weighted by Crippen LogP contribution is -2.46. The second-order valence-electron chi connectivity index (χ2n) is 7.28. The number of hydrogen-bond donors (Lipinski definition) is 0. The van der Waals surface area contributed by atoms with Crippen LogP contribution in [0.25, 0.3) is 0 Å². The van der Waals surface area contributed by atoms with Crippen LogP contribution in [0, 0.1) is 5.92 Å². The Morgan fingerprint density at radius 1 is 1.00 bits per heavy atom. The lowest BCUT2D eigenvalue weighted by molar-refractivity contribution is -0.123. The van der Waals surface area contributed by atoms with Crippen molar-refractivity contribution in [2.45, 2.75) is 32.1 Å². The number of fused-ring (bicyclic) bond motifs is 1. The van der Waals surface area contributed by atoms with Gasteiger partial charge in [-0.15, -0.1) is 0 Å². The van der Waals surface area contributed by atoms with Gasteiger partial charge in [-0.2, -0.15) is 0 Å². The topological polar surface area (TPSA) is 53.8 Å². The number of para-hydroxylation sites is 1. The van der Waals surface area contributed by atoms with Crippen LogP contribution in [-0.4, -0.2) is 36.3 Å². The van der Waals surface area contributed by atoms with E-state index >= 15 is 0 Å². The van der Waals surface area contributed by atoms with Gasteiger partial charge in [0.15, 0.2) is 5.76 Å². The smallest absolute Gasteiger partial charge is 0.289 e. The lowest BCUT2D eigenvalue weighted by Gasteiger charge is -2.37. The maximum absolute atomic E-state index is 13.1. The first-order chi connectivity index (χ1) is 12.6. The second kappa shape index (κ2) is 6.98. The molecule has 1 atom stereocenters. The minimum absolute atomic E-state index is 0.0166. The predicted octanol–water partition coefficient (Wildman–Crippen LogP) is 3.67. The molecule has 0 spiro atoms. The number of piperidine rings is 1. The number of hydrogen-bond acceptors (Lipinski definition) is 3. The monoisotopic (exact) mass is 352 g/mol.